The van der Waals surface area contributed by atoms with Crippen molar-refractivity contribution in [1.82, 2.24) is 20.0 Å². The fourth-order valence-corrected chi connectivity index (χ4v) is 2.17. The van der Waals surface area contributed by atoms with Crippen molar-refractivity contribution in [3.05, 3.63) is 11.9 Å². The number of anilines is 1. The number of amides is 2. The average Bonchev–Trinajstić information content (AvgIpc) is 2.95. The van der Waals surface area contributed by atoms with Crippen LogP contribution in [0.1, 0.15) is 23.3 Å². The zero-order valence-corrected chi connectivity index (χ0v) is 10.5. The summed E-state index contributed by atoms with van der Waals surface area (Å²) in [6.45, 7) is 0.571. The van der Waals surface area contributed by atoms with E-state index in [0.29, 0.717) is 18.7 Å². The van der Waals surface area contributed by atoms with E-state index < -0.39 is 6.04 Å². The van der Waals surface area contributed by atoms with Gasteiger partial charge < -0.3 is 15.5 Å². The smallest absolute Gasteiger partial charge is 0.274 e. The first-order chi connectivity index (χ1) is 8.52. The van der Waals surface area contributed by atoms with Gasteiger partial charge in [0.2, 0.25) is 5.91 Å². The van der Waals surface area contributed by atoms with Crippen molar-refractivity contribution in [3.8, 4) is 0 Å². The second-order valence-corrected chi connectivity index (χ2v) is 4.59. The number of hydrogen-bond donors (Lipinski definition) is 2. The Morgan fingerprint density at radius 3 is 2.83 bits per heavy atom. The van der Waals surface area contributed by atoms with Gasteiger partial charge in [0, 0.05) is 20.6 Å². The summed E-state index contributed by atoms with van der Waals surface area (Å²) < 4.78 is 0. The van der Waals surface area contributed by atoms with Gasteiger partial charge in [0.15, 0.2) is 0 Å². The van der Waals surface area contributed by atoms with Gasteiger partial charge in [-0.3, -0.25) is 14.7 Å². The number of H-pyrrole nitrogens is 1. The number of nitrogens with zero attached hydrogens (tertiary/aromatic N) is 3. The first-order valence-corrected chi connectivity index (χ1v) is 5.83. The summed E-state index contributed by atoms with van der Waals surface area (Å²) in [4.78, 5) is 27.3. The van der Waals surface area contributed by atoms with E-state index in [0.717, 1.165) is 6.42 Å². The number of nitrogen functional groups attached to an aromatic ring is 1. The quantitative estimate of drug-likeness (QED) is 0.753. The summed E-state index contributed by atoms with van der Waals surface area (Å²) in [5, 5.41) is 6.31. The molecule has 1 aliphatic rings. The molecule has 7 heteroatoms. The van der Waals surface area contributed by atoms with E-state index in [-0.39, 0.29) is 17.5 Å². The number of rotatable bonds is 2. The minimum atomic E-state index is -0.393. The largest absolute Gasteiger partial charge is 0.396 e. The van der Waals surface area contributed by atoms with E-state index in [1.54, 1.807) is 19.0 Å². The predicted octanol–water partition coefficient (Wildman–Crippen LogP) is -0.315. The molecule has 1 aromatic rings. The van der Waals surface area contributed by atoms with E-state index >= 15 is 0 Å². The van der Waals surface area contributed by atoms with Gasteiger partial charge in [-0.05, 0) is 12.8 Å². The Balaban J connectivity index is 2.20. The summed E-state index contributed by atoms with van der Waals surface area (Å²) >= 11 is 0. The van der Waals surface area contributed by atoms with Crippen molar-refractivity contribution >= 4 is 17.5 Å². The second kappa shape index (κ2) is 4.67. The highest BCUT2D eigenvalue weighted by Crippen LogP contribution is 2.22. The molecule has 2 amide bonds. The Morgan fingerprint density at radius 1 is 1.56 bits per heavy atom. The maximum absolute atomic E-state index is 12.3. The maximum atomic E-state index is 12.3. The van der Waals surface area contributed by atoms with Crippen molar-refractivity contribution in [3.63, 3.8) is 0 Å². The van der Waals surface area contributed by atoms with Crippen molar-refractivity contribution in [1.29, 1.82) is 0 Å². The fraction of sp³-hybridized carbons (Fsp3) is 0.545. The minimum Gasteiger partial charge on any atom is -0.396 e. The predicted molar refractivity (Wildman–Crippen MR) is 65.8 cm³/mol. The molecule has 1 aromatic heterocycles. The van der Waals surface area contributed by atoms with Crippen LogP contribution < -0.4 is 5.73 Å². The molecule has 7 nitrogen and oxygen atoms in total. The van der Waals surface area contributed by atoms with Crippen LogP contribution in [0.25, 0.3) is 0 Å². The van der Waals surface area contributed by atoms with E-state index in [2.05, 4.69) is 10.2 Å². The molecular formula is C11H17N5O2. The van der Waals surface area contributed by atoms with Gasteiger partial charge >= 0.3 is 0 Å². The SMILES string of the molecule is CN(C)C(=O)C1CCCN1C(=O)c1[nH]ncc1N. The number of nitrogens with two attached hydrogens (primary N) is 1. The van der Waals surface area contributed by atoms with Crippen LogP contribution in [0.5, 0.6) is 0 Å². The third-order valence-corrected chi connectivity index (χ3v) is 3.12. The molecule has 2 rings (SSSR count). The number of likely N-dealkylation sites (N-methyl/N-ethyl adjacent to an activating group) is 1. The zero-order chi connectivity index (χ0) is 13.3. The van der Waals surface area contributed by atoms with Gasteiger partial charge in [-0.2, -0.15) is 5.10 Å². The number of carbonyl (C=O) groups is 2. The van der Waals surface area contributed by atoms with Crippen LogP contribution in [0.3, 0.4) is 0 Å². The Hall–Kier alpha value is -2.05. The average molecular weight is 251 g/mol. The van der Waals surface area contributed by atoms with Crippen LogP contribution in [0.4, 0.5) is 5.69 Å². The molecule has 0 aromatic carbocycles. The van der Waals surface area contributed by atoms with E-state index in [1.807, 2.05) is 0 Å². The molecule has 3 N–H and O–H groups in total. The minimum absolute atomic E-state index is 0.0565. The Kier molecular flexibility index (Phi) is 3.22. The number of carbonyl (C=O) groups excluding carboxylic acids is 2. The summed E-state index contributed by atoms with van der Waals surface area (Å²) in [6.07, 6.45) is 2.91. The molecule has 1 aliphatic heterocycles. The molecule has 1 saturated heterocycles. The summed E-state index contributed by atoms with van der Waals surface area (Å²) in [5.74, 6) is -0.318. The maximum Gasteiger partial charge on any atom is 0.274 e. The monoisotopic (exact) mass is 251 g/mol. The number of aromatic nitrogens is 2. The highest BCUT2D eigenvalue weighted by molar-refractivity contribution is 5.99. The number of hydrogen-bond acceptors (Lipinski definition) is 4. The van der Waals surface area contributed by atoms with Crippen molar-refractivity contribution in [2.24, 2.45) is 0 Å². The Bertz CT molecular complexity index is 468. The molecule has 0 aliphatic carbocycles. The van der Waals surface area contributed by atoms with Crippen LogP contribution in [-0.4, -0.2) is 58.5 Å². The van der Waals surface area contributed by atoms with Crippen molar-refractivity contribution in [2.45, 2.75) is 18.9 Å². The summed E-state index contributed by atoms with van der Waals surface area (Å²) in [6, 6.07) is -0.393. The molecule has 2 heterocycles. The van der Waals surface area contributed by atoms with E-state index in [4.69, 9.17) is 5.73 Å². The molecule has 1 unspecified atom stereocenters. The Morgan fingerprint density at radius 2 is 2.28 bits per heavy atom. The highest BCUT2D eigenvalue weighted by Gasteiger charge is 2.36. The van der Waals surface area contributed by atoms with Crippen molar-refractivity contribution < 1.29 is 9.59 Å². The fourth-order valence-electron chi connectivity index (χ4n) is 2.17. The topological polar surface area (TPSA) is 95.3 Å². The van der Waals surface area contributed by atoms with Crippen LogP contribution >= 0.6 is 0 Å². The third kappa shape index (κ3) is 2.03. The lowest BCUT2D eigenvalue weighted by Gasteiger charge is -2.25. The van der Waals surface area contributed by atoms with Gasteiger partial charge in [-0.15, -0.1) is 0 Å². The zero-order valence-electron chi connectivity index (χ0n) is 10.5. The number of aromatic amines is 1. The molecule has 0 bridgehead atoms. The highest BCUT2D eigenvalue weighted by atomic mass is 16.2. The number of nitrogens with one attached hydrogen (secondary N) is 1. The third-order valence-electron chi connectivity index (χ3n) is 3.12. The normalized spacial score (nSPS) is 19.0. The lowest BCUT2D eigenvalue weighted by molar-refractivity contribution is -0.132. The standard InChI is InChI=1S/C11H17N5O2/c1-15(2)10(17)8-4-3-5-16(8)11(18)9-7(12)6-13-14-9/h6,8H,3-5,12H2,1-2H3,(H,13,14). The van der Waals surface area contributed by atoms with Crippen molar-refractivity contribution in [2.75, 3.05) is 26.4 Å². The van der Waals surface area contributed by atoms with Crippen LogP contribution in [0.15, 0.2) is 6.20 Å². The van der Waals surface area contributed by atoms with Gasteiger partial charge in [0.1, 0.15) is 11.7 Å². The molecule has 0 spiro atoms. The molecule has 1 fully saturated rings. The first kappa shape index (κ1) is 12.4. The lowest BCUT2D eigenvalue weighted by atomic mass is 10.2. The molecule has 18 heavy (non-hydrogen) atoms. The molecule has 98 valence electrons. The van der Waals surface area contributed by atoms with Gasteiger partial charge in [0.05, 0.1) is 11.9 Å². The van der Waals surface area contributed by atoms with E-state index in [1.165, 1.54) is 11.1 Å². The Labute approximate surface area is 105 Å². The molecule has 0 radical (unpaired) electrons. The second-order valence-electron chi connectivity index (χ2n) is 4.59. The molecule has 1 atom stereocenters. The summed E-state index contributed by atoms with van der Waals surface area (Å²) in [7, 11) is 3.38. The first-order valence-electron chi connectivity index (χ1n) is 5.83. The van der Waals surface area contributed by atoms with Crippen LogP contribution in [0, 0.1) is 0 Å². The van der Waals surface area contributed by atoms with Crippen LogP contribution in [0.2, 0.25) is 0 Å². The molecule has 0 saturated carbocycles. The lowest BCUT2D eigenvalue weighted by Crippen LogP contribution is -2.45. The molecular weight excluding hydrogens is 234 g/mol. The van der Waals surface area contributed by atoms with Gasteiger partial charge in [-0.1, -0.05) is 0 Å². The number of likely N-dealkylation sites (tertiary alicyclic amines) is 1. The van der Waals surface area contributed by atoms with Gasteiger partial charge in [-0.25, -0.2) is 0 Å². The van der Waals surface area contributed by atoms with Crippen LogP contribution in [-0.2, 0) is 4.79 Å². The van der Waals surface area contributed by atoms with Gasteiger partial charge in [0.25, 0.3) is 5.91 Å². The summed E-state index contributed by atoms with van der Waals surface area (Å²) in [5.41, 5.74) is 6.22. The van der Waals surface area contributed by atoms with E-state index in [9.17, 15) is 9.59 Å².